The van der Waals surface area contributed by atoms with E-state index in [0.717, 1.165) is 21.7 Å². The zero-order valence-corrected chi connectivity index (χ0v) is 13.6. The lowest BCUT2D eigenvalue weighted by atomic mass is 10.2. The predicted molar refractivity (Wildman–Crippen MR) is 86.3 cm³/mol. The van der Waals surface area contributed by atoms with Gasteiger partial charge < -0.3 is 5.11 Å². The SMILES string of the molecule is Cc1cc(Cl)c(CSc2ccc(CC(=O)O)cc2)c(Cl)n1. The average molecular weight is 342 g/mol. The second-order valence-corrected chi connectivity index (χ2v) is 6.33. The Balaban J connectivity index is 2.05. The molecule has 0 radical (unpaired) electrons. The van der Waals surface area contributed by atoms with Crippen LogP contribution >= 0.6 is 35.0 Å². The molecule has 0 bridgehead atoms. The number of benzene rings is 1. The summed E-state index contributed by atoms with van der Waals surface area (Å²) in [5, 5.41) is 9.77. The molecule has 0 aliphatic heterocycles. The maximum atomic E-state index is 10.6. The molecule has 0 amide bonds. The van der Waals surface area contributed by atoms with Crippen molar-refractivity contribution in [1.29, 1.82) is 0 Å². The first kappa shape index (κ1) is 16.1. The van der Waals surface area contributed by atoms with Crippen LogP contribution in [-0.2, 0) is 17.0 Å². The fourth-order valence-corrected chi connectivity index (χ4v) is 3.54. The first-order valence-corrected chi connectivity index (χ1v) is 7.95. The minimum Gasteiger partial charge on any atom is -0.481 e. The van der Waals surface area contributed by atoms with E-state index in [2.05, 4.69) is 4.98 Å². The van der Waals surface area contributed by atoms with E-state index in [9.17, 15) is 4.79 Å². The summed E-state index contributed by atoms with van der Waals surface area (Å²) in [6, 6.07) is 9.21. The van der Waals surface area contributed by atoms with E-state index < -0.39 is 5.97 Å². The van der Waals surface area contributed by atoms with Crippen molar-refractivity contribution in [2.45, 2.75) is 24.0 Å². The molecule has 0 aliphatic carbocycles. The number of hydrogen-bond acceptors (Lipinski definition) is 3. The van der Waals surface area contributed by atoms with Crippen LogP contribution in [0.4, 0.5) is 0 Å². The molecule has 0 saturated carbocycles. The molecule has 110 valence electrons. The third-order valence-electron chi connectivity index (χ3n) is 2.81. The van der Waals surface area contributed by atoms with Crippen molar-refractivity contribution in [3.05, 3.63) is 57.3 Å². The number of halogens is 2. The molecule has 3 nitrogen and oxygen atoms in total. The highest BCUT2D eigenvalue weighted by molar-refractivity contribution is 7.98. The lowest BCUT2D eigenvalue weighted by Crippen LogP contribution is -1.99. The average Bonchev–Trinajstić information content (AvgIpc) is 2.38. The van der Waals surface area contributed by atoms with Crippen LogP contribution in [0.2, 0.25) is 10.2 Å². The number of nitrogens with zero attached hydrogens (tertiary/aromatic N) is 1. The standard InChI is InChI=1S/C15H13Cl2NO2S/c1-9-6-13(16)12(15(17)18-9)8-21-11-4-2-10(3-5-11)7-14(19)20/h2-6H,7-8H2,1H3,(H,19,20). The van der Waals surface area contributed by atoms with Gasteiger partial charge in [0, 0.05) is 26.9 Å². The Bertz CT molecular complexity index is 636. The second-order valence-electron chi connectivity index (χ2n) is 4.52. The van der Waals surface area contributed by atoms with Crippen molar-refractivity contribution in [2.75, 3.05) is 0 Å². The van der Waals surface area contributed by atoms with E-state index in [1.165, 1.54) is 0 Å². The highest BCUT2D eigenvalue weighted by Gasteiger charge is 2.09. The normalized spacial score (nSPS) is 10.6. The van der Waals surface area contributed by atoms with E-state index in [0.29, 0.717) is 15.9 Å². The van der Waals surface area contributed by atoms with E-state index in [1.54, 1.807) is 17.8 Å². The molecule has 21 heavy (non-hydrogen) atoms. The molecule has 1 aromatic heterocycles. The smallest absolute Gasteiger partial charge is 0.307 e. The van der Waals surface area contributed by atoms with E-state index in [-0.39, 0.29) is 6.42 Å². The molecule has 0 saturated heterocycles. The van der Waals surface area contributed by atoms with Crippen LogP contribution in [0.1, 0.15) is 16.8 Å². The van der Waals surface area contributed by atoms with Crippen molar-refractivity contribution < 1.29 is 9.90 Å². The minimum atomic E-state index is -0.834. The quantitative estimate of drug-likeness (QED) is 0.636. The van der Waals surface area contributed by atoms with Crippen LogP contribution in [0.3, 0.4) is 0 Å². The summed E-state index contributed by atoms with van der Waals surface area (Å²) in [7, 11) is 0. The van der Waals surface area contributed by atoms with Crippen molar-refractivity contribution in [3.63, 3.8) is 0 Å². The molecule has 0 fully saturated rings. The van der Waals surface area contributed by atoms with Gasteiger partial charge in [-0.3, -0.25) is 4.79 Å². The molecule has 1 heterocycles. The van der Waals surface area contributed by atoms with Crippen LogP contribution in [-0.4, -0.2) is 16.1 Å². The van der Waals surface area contributed by atoms with Crippen molar-refractivity contribution in [3.8, 4) is 0 Å². The van der Waals surface area contributed by atoms with Gasteiger partial charge in [-0.15, -0.1) is 11.8 Å². The van der Waals surface area contributed by atoms with Gasteiger partial charge in [0.05, 0.1) is 6.42 Å². The number of thioether (sulfide) groups is 1. The van der Waals surface area contributed by atoms with Crippen LogP contribution in [0, 0.1) is 6.92 Å². The third-order valence-corrected chi connectivity index (χ3v) is 4.50. The number of aliphatic carboxylic acids is 1. The summed E-state index contributed by atoms with van der Waals surface area (Å²) >= 11 is 13.9. The van der Waals surface area contributed by atoms with Gasteiger partial charge >= 0.3 is 5.97 Å². The molecule has 0 spiro atoms. The molecular formula is C15H13Cl2NO2S. The van der Waals surface area contributed by atoms with E-state index in [1.807, 2.05) is 31.2 Å². The number of carbonyl (C=O) groups is 1. The molecule has 0 unspecified atom stereocenters. The minimum absolute atomic E-state index is 0.0322. The highest BCUT2D eigenvalue weighted by Crippen LogP contribution is 2.31. The Morgan fingerprint density at radius 3 is 2.52 bits per heavy atom. The van der Waals surface area contributed by atoms with Crippen LogP contribution < -0.4 is 0 Å². The molecule has 1 N–H and O–H groups in total. The van der Waals surface area contributed by atoms with Gasteiger partial charge in [0.1, 0.15) is 5.15 Å². The predicted octanol–water partition coefficient (Wildman–Crippen LogP) is 4.62. The van der Waals surface area contributed by atoms with Crippen molar-refractivity contribution in [1.82, 2.24) is 4.98 Å². The Morgan fingerprint density at radius 1 is 1.29 bits per heavy atom. The zero-order chi connectivity index (χ0) is 15.4. The zero-order valence-electron chi connectivity index (χ0n) is 11.3. The van der Waals surface area contributed by atoms with Crippen LogP contribution in [0.5, 0.6) is 0 Å². The van der Waals surface area contributed by atoms with Gasteiger partial charge in [0.25, 0.3) is 0 Å². The third kappa shape index (κ3) is 4.63. The fraction of sp³-hybridized carbons (Fsp3) is 0.200. The summed E-state index contributed by atoms with van der Waals surface area (Å²) in [5.74, 6) is -0.219. The summed E-state index contributed by atoms with van der Waals surface area (Å²) in [6.07, 6.45) is 0.0322. The fourth-order valence-electron chi connectivity index (χ4n) is 1.79. The van der Waals surface area contributed by atoms with Gasteiger partial charge in [0.15, 0.2) is 0 Å². The van der Waals surface area contributed by atoms with Crippen molar-refractivity contribution >= 4 is 40.9 Å². The monoisotopic (exact) mass is 341 g/mol. The maximum Gasteiger partial charge on any atom is 0.307 e. The van der Waals surface area contributed by atoms with E-state index >= 15 is 0 Å². The number of carboxylic acid groups (broad SMARTS) is 1. The number of rotatable bonds is 5. The maximum absolute atomic E-state index is 10.6. The molecular weight excluding hydrogens is 329 g/mol. The number of aryl methyl sites for hydroxylation is 1. The van der Waals surface area contributed by atoms with Crippen LogP contribution in [0.25, 0.3) is 0 Å². The van der Waals surface area contributed by atoms with Crippen LogP contribution in [0.15, 0.2) is 35.2 Å². The molecule has 0 aliphatic rings. The van der Waals surface area contributed by atoms with Gasteiger partial charge in [-0.2, -0.15) is 0 Å². The number of pyridine rings is 1. The van der Waals surface area contributed by atoms with Gasteiger partial charge in [0.2, 0.25) is 0 Å². The molecule has 6 heteroatoms. The van der Waals surface area contributed by atoms with Gasteiger partial charge in [-0.1, -0.05) is 35.3 Å². The lowest BCUT2D eigenvalue weighted by molar-refractivity contribution is -0.136. The molecule has 1 aromatic carbocycles. The van der Waals surface area contributed by atoms with E-state index in [4.69, 9.17) is 28.3 Å². The number of carboxylic acids is 1. The van der Waals surface area contributed by atoms with Gasteiger partial charge in [-0.25, -0.2) is 4.98 Å². The Morgan fingerprint density at radius 2 is 1.95 bits per heavy atom. The highest BCUT2D eigenvalue weighted by atomic mass is 35.5. The first-order valence-electron chi connectivity index (χ1n) is 6.21. The number of aromatic nitrogens is 1. The molecule has 0 atom stereocenters. The Hall–Kier alpha value is -1.23. The van der Waals surface area contributed by atoms with Gasteiger partial charge in [-0.05, 0) is 30.7 Å². The Kier molecular flexibility index (Phi) is 5.51. The Labute approximate surface area is 137 Å². The lowest BCUT2D eigenvalue weighted by Gasteiger charge is -2.08. The largest absolute Gasteiger partial charge is 0.481 e. The van der Waals surface area contributed by atoms with Crippen molar-refractivity contribution in [2.24, 2.45) is 0 Å². The summed E-state index contributed by atoms with van der Waals surface area (Å²) in [6.45, 7) is 1.84. The number of hydrogen-bond donors (Lipinski definition) is 1. The topological polar surface area (TPSA) is 50.2 Å². The summed E-state index contributed by atoms with van der Waals surface area (Å²) < 4.78 is 0. The first-order chi connectivity index (χ1) is 9.95. The summed E-state index contributed by atoms with van der Waals surface area (Å²) in [4.78, 5) is 15.8. The second kappa shape index (κ2) is 7.16. The summed E-state index contributed by atoms with van der Waals surface area (Å²) in [5.41, 5.74) is 2.38. The molecule has 2 rings (SSSR count). The molecule has 2 aromatic rings.